The lowest BCUT2D eigenvalue weighted by atomic mass is 10.1. The van der Waals surface area contributed by atoms with Crippen molar-refractivity contribution in [3.63, 3.8) is 0 Å². The van der Waals surface area contributed by atoms with Gasteiger partial charge in [-0.25, -0.2) is 0 Å². The Bertz CT molecular complexity index is 241. The molecule has 98 valence electrons. The predicted molar refractivity (Wildman–Crippen MR) is 74.1 cm³/mol. The summed E-state index contributed by atoms with van der Waals surface area (Å²) in [5.41, 5.74) is 0. The fourth-order valence-corrected chi connectivity index (χ4v) is 2.19. The van der Waals surface area contributed by atoms with Crippen molar-refractivity contribution in [3.8, 4) is 0 Å². The van der Waals surface area contributed by atoms with Crippen LogP contribution in [0.25, 0.3) is 0 Å². The summed E-state index contributed by atoms with van der Waals surface area (Å²) in [6.07, 6.45) is 17.9. The molecule has 0 saturated carbocycles. The third-order valence-electron chi connectivity index (χ3n) is 3.30. The lowest BCUT2D eigenvalue weighted by molar-refractivity contribution is 0.515. The summed E-state index contributed by atoms with van der Waals surface area (Å²) in [6, 6.07) is 2.00. The zero-order chi connectivity index (χ0) is 12.2. The summed E-state index contributed by atoms with van der Waals surface area (Å²) in [5.74, 6) is 0. The average molecular weight is 236 g/mol. The molecule has 0 aliphatic heterocycles. The van der Waals surface area contributed by atoms with Crippen LogP contribution >= 0.6 is 0 Å². The van der Waals surface area contributed by atoms with Crippen LogP contribution in [0.15, 0.2) is 18.5 Å². The topological polar surface area (TPSA) is 17.8 Å². The molecule has 0 bridgehead atoms. The van der Waals surface area contributed by atoms with Crippen molar-refractivity contribution in [3.05, 3.63) is 18.5 Å². The highest BCUT2D eigenvalue weighted by Crippen LogP contribution is 2.10. The molecule has 1 aromatic rings. The molecule has 0 aromatic carbocycles. The van der Waals surface area contributed by atoms with E-state index in [4.69, 9.17) is 0 Å². The zero-order valence-corrected chi connectivity index (χ0v) is 11.4. The summed E-state index contributed by atoms with van der Waals surface area (Å²) >= 11 is 0. The maximum Gasteiger partial charge on any atom is 0.0489 e. The first-order valence-electron chi connectivity index (χ1n) is 7.41. The van der Waals surface area contributed by atoms with Gasteiger partial charge in [-0.1, -0.05) is 64.7 Å². The quantitative estimate of drug-likeness (QED) is 0.504. The molecule has 17 heavy (non-hydrogen) atoms. The third kappa shape index (κ3) is 8.00. The second kappa shape index (κ2) is 10.4. The molecular formula is C15H28N2. The number of rotatable bonds is 11. The van der Waals surface area contributed by atoms with Crippen LogP contribution in [0, 0.1) is 0 Å². The van der Waals surface area contributed by atoms with Crippen LogP contribution in [0.2, 0.25) is 0 Å². The molecule has 0 N–H and O–H groups in total. The Balaban J connectivity index is 1.76. The van der Waals surface area contributed by atoms with Gasteiger partial charge >= 0.3 is 0 Å². The van der Waals surface area contributed by atoms with E-state index in [-0.39, 0.29) is 0 Å². The average Bonchev–Trinajstić information content (AvgIpc) is 2.85. The Kier molecular flexibility index (Phi) is 8.71. The maximum absolute atomic E-state index is 4.21. The Morgan fingerprint density at radius 3 is 1.94 bits per heavy atom. The van der Waals surface area contributed by atoms with Gasteiger partial charge in [-0.15, -0.1) is 0 Å². The van der Waals surface area contributed by atoms with Gasteiger partial charge in [0.1, 0.15) is 0 Å². The summed E-state index contributed by atoms with van der Waals surface area (Å²) in [7, 11) is 0. The van der Waals surface area contributed by atoms with Gasteiger partial charge in [-0.3, -0.25) is 4.68 Å². The van der Waals surface area contributed by atoms with Crippen LogP contribution < -0.4 is 0 Å². The lowest BCUT2D eigenvalue weighted by Crippen LogP contribution is -1.97. The minimum Gasteiger partial charge on any atom is -0.273 e. The molecule has 0 saturated heterocycles. The third-order valence-corrected chi connectivity index (χ3v) is 3.30. The standard InChI is InChI=1S/C15H28N2/c1-2-3-4-5-6-7-8-9-10-11-14-17-15-12-13-16-17/h12-13,15H,2-11,14H2,1H3. The second-order valence-electron chi connectivity index (χ2n) is 4.95. The summed E-state index contributed by atoms with van der Waals surface area (Å²) < 4.78 is 2.03. The number of aryl methyl sites for hydroxylation is 1. The van der Waals surface area contributed by atoms with Gasteiger partial charge in [-0.05, 0) is 12.5 Å². The SMILES string of the molecule is CCCCCCCCCCCCn1cccn1. The van der Waals surface area contributed by atoms with E-state index >= 15 is 0 Å². The van der Waals surface area contributed by atoms with Crippen LogP contribution in [0.1, 0.15) is 71.1 Å². The van der Waals surface area contributed by atoms with Crippen LogP contribution in [0.4, 0.5) is 0 Å². The minimum atomic E-state index is 1.09. The van der Waals surface area contributed by atoms with Crippen molar-refractivity contribution in [2.75, 3.05) is 0 Å². The van der Waals surface area contributed by atoms with Gasteiger partial charge in [0.05, 0.1) is 0 Å². The molecule has 1 heterocycles. The number of unbranched alkanes of at least 4 members (excludes halogenated alkanes) is 9. The van der Waals surface area contributed by atoms with Crippen molar-refractivity contribution in [1.82, 2.24) is 9.78 Å². The number of aromatic nitrogens is 2. The van der Waals surface area contributed by atoms with E-state index in [9.17, 15) is 0 Å². The summed E-state index contributed by atoms with van der Waals surface area (Å²) in [5, 5.41) is 4.21. The van der Waals surface area contributed by atoms with Crippen LogP contribution in [-0.4, -0.2) is 9.78 Å². The lowest BCUT2D eigenvalue weighted by Gasteiger charge is -2.02. The van der Waals surface area contributed by atoms with Crippen LogP contribution in [0.3, 0.4) is 0 Å². The second-order valence-corrected chi connectivity index (χ2v) is 4.95. The van der Waals surface area contributed by atoms with E-state index < -0.39 is 0 Å². The van der Waals surface area contributed by atoms with Gasteiger partial charge in [-0.2, -0.15) is 5.10 Å². The van der Waals surface area contributed by atoms with E-state index in [2.05, 4.69) is 12.0 Å². The first kappa shape index (κ1) is 14.3. The maximum atomic E-state index is 4.21. The Morgan fingerprint density at radius 2 is 1.41 bits per heavy atom. The fraction of sp³-hybridized carbons (Fsp3) is 0.800. The van der Waals surface area contributed by atoms with Gasteiger partial charge in [0.25, 0.3) is 0 Å². The van der Waals surface area contributed by atoms with Gasteiger partial charge in [0.15, 0.2) is 0 Å². The predicted octanol–water partition coefficient (Wildman–Crippen LogP) is 4.80. The number of nitrogens with zero attached hydrogens (tertiary/aromatic N) is 2. The molecule has 0 amide bonds. The van der Waals surface area contributed by atoms with E-state index in [0.717, 1.165) is 6.54 Å². The van der Waals surface area contributed by atoms with E-state index in [1.807, 2.05) is 23.1 Å². The highest BCUT2D eigenvalue weighted by atomic mass is 15.3. The van der Waals surface area contributed by atoms with Crippen LogP contribution in [-0.2, 0) is 6.54 Å². The smallest absolute Gasteiger partial charge is 0.0489 e. The monoisotopic (exact) mass is 236 g/mol. The number of hydrogen-bond donors (Lipinski definition) is 0. The molecule has 1 aromatic heterocycles. The molecule has 0 atom stereocenters. The van der Waals surface area contributed by atoms with Crippen molar-refractivity contribution >= 4 is 0 Å². The molecule has 0 spiro atoms. The Labute approximate surface area is 106 Å². The number of hydrogen-bond acceptors (Lipinski definition) is 1. The highest BCUT2D eigenvalue weighted by molar-refractivity contribution is 4.77. The van der Waals surface area contributed by atoms with E-state index in [1.54, 1.807) is 0 Å². The van der Waals surface area contributed by atoms with E-state index in [1.165, 1.54) is 64.2 Å². The molecule has 0 unspecified atom stereocenters. The first-order chi connectivity index (χ1) is 8.43. The Morgan fingerprint density at radius 1 is 0.824 bits per heavy atom. The van der Waals surface area contributed by atoms with Gasteiger partial charge < -0.3 is 0 Å². The van der Waals surface area contributed by atoms with Crippen LogP contribution in [0.5, 0.6) is 0 Å². The molecule has 1 rings (SSSR count). The summed E-state index contributed by atoms with van der Waals surface area (Å²) in [4.78, 5) is 0. The van der Waals surface area contributed by atoms with Crippen molar-refractivity contribution < 1.29 is 0 Å². The van der Waals surface area contributed by atoms with Gasteiger partial charge in [0, 0.05) is 18.9 Å². The van der Waals surface area contributed by atoms with Crippen molar-refractivity contribution in [2.24, 2.45) is 0 Å². The molecule has 0 aliphatic rings. The zero-order valence-electron chi connectivity index (χ0n) is 11.4. The molecular weight excluding hydrogens is 208 g/mol. The molecule has 2 heteroatoms. The molecule has 0 fully saturated rings. The Hall–Kier alpha value is -0.790. The molecule has 0 radical (unpaired) electrons. The minimum absolute atomic E-state index is 1.09. The van der Waals surface area contributed by atoms with Crippen molar-refractivity contribution in [2.45, 2.75) is 77.7 Å². The fourth-order valence-electron chi connectivity index (χ4n) is 2.19. The van der Waals surface area contributed by atoms with Crippen molar-refractivity contribution in [1.29, 1.82) is 0 Å². The van der Waals surface area contributed by atoms with Gasteiger partial charge in [0.2, 0.25) is 0 Å². The normalized spacial score (nSPS) is 10.9. The van der Waals surface area contributed by atoms with E-state index in [0.29, 0.717) is 0 Å². The highest BCUT2D eigenvalue weighted by Gasteiger charge is 1.93. The molecule has 2 nitrogen and oxygen atoms in total. The summed E-state index contributed by atoms with van der Waals surface area (Å²) in [6.45, 7) is 3.36. The largest absolute Gasteiger partial charge is 0.273 e. The molecule has 0 aliphatic carbocycles. The first-order valence-corrected chi connectivity index (χ1v) is 7.41.